The largest absolute Gasteiger partial charge is 0.507 e. The average molecular weight is 393 g/mol. The molecule has 152 valence electrons. The molecule has 3 N–H and O–H groups in total. The van der Waals surface area contributed by atoms with Crippen molar-refractivity contribution in [1.82, 2.24) is 0 Å². The minimum absolute atomic E-state index is 0.00893. The number of hydrogen-bond donors (Lipinski definition) is 2. The van der Waals surface area contributed by atoms with Crippen LogP contribution < -0.4 is 11.4 Å². The standard InChI is InChI=1S/C24H27NO4/c1-2-16(12-15-6-4-3-5-7-15)21-13-19(26)23(24(27)29-21)22(17-8-9-17)20-11-10-18(14-25)28-20/h3-7,10-11,13,16-17,22,26H,2,8-9,12,14,25H2,1H3. The number of rotatable bonds is 8. The predicted octanol–water partition coefficient (Wildman–Crippen LogP) is 4.68. The molecule has 0 radical (unpaired) electrons. The van der Waals surface area contributed by atoms with Gasteiger partial charge in [-0.15, -0.1) is 0 Å². The van der Waals surface area contributed by atoms with Crippen molar-refractivity contribution in [3.8, 4) is 5.75 Å². The van der Waals surface area contributed by atoms with Crippen molar-refractivity contribution in [1.29, 1.82) is 0 Å². The van der Waals surface area contributed by atoms with Crippen LogP contribution in [0.1, 0.15) is 66.4 Å². The summed E-state index contributed by atoms with van der Waals surface area (Å²) in [5, 5.41) is 10.8. The van der Waals surface area contributed by atoms with E-state index in [1.165, 1.54) is 5.56 Å². The van der Waals surface area contributed by atoms with Crippen LogP contribution in [0.4, 0.5) is 0 Å². The summed E-state index contributed by atoms with van der Waals surface area (Å²) in [6.45, 7) is 2.36. The van der Waals surface area contributed by atoms with Crippen LogP contribution in [0.5, 0.6) is 5.75 Å². The predicted molar refractivity (Wildman–Crippen MR) is 111 cm³/mol. The van der Waals surface area contributed by atoms with Gasteiger partial charge in [0, 0.05) is 12.0 Å². The highest BCUT2D eigenvalue weighted by Gasteiger charge is 2.39. The minimum Gasteiger partial charge on any atom is -0.507 e. The lowest BCUT2D eigenvalue weighted by Gasteiger charge is -2.18. The number of furan rings is 1. The lowest BCUT2D eigenvalue weighted by molar-refractivity contribution is 0.367. The molecule has 0 saturated heterocycles. The maximum atomic E-state index is 13.0. The summed E-state index contributed by atoms with van der Waals surface area (Å²) in [4.78, 5) is 13.0. The van der Waals surface area contributed by atoms with Crippen molar-refractivity contribution >= 4 is 0 Å². The second-order valence-electron chi connectivity index (χ2n) is 7.85. The summed E-state index contributed by atoms with van der Waals surface area (Å²) in [5.74, 6) is 1.86. The first-order valence-electron chi connectivity index (χ1n) is 10.3. The molecule has 3 aromatic rings. The number of aromatic hydroxyl groups is 1. The number of nitrogens with two attached hydrogens (primary N) is 1. The Morgan fingerprint density at radius 3 is 2.45 bits per heavy atom. The minimum atomic E-state index is -0.478. The fraction of sp³-hybridized carbons (Fsp3) is 0.375. The normalized spacial score (nSPS) is 15.9. The third-order valence-corrected chi connectivity index (χ3v) is 5.80. The van der Waals surface area contributed by atoms with Gasteiger partial charge < -0.3 is 19.7 Å². The van der Waals surface area contributed by atoms with Crippen LogP contribution in [0.2, 0.25) is 0 Å². The summed E-state index contributed by atoms with van der Waals surface area (Å²) in [5.41, 5.74) is 6.65. The highest BCUT2D eigenvalue weighted by molar-refractivity contribution is 5.40. The first kappa shape index (κ1) is 19.5. The van der Waals surface area contributed by atoms with Gasteiger partial charge >= 0.3 is 5.63 Å². The molecule has 2 atom stereocenters. The molecule has 0 spiro atoms. The Kier molecular flexibility index (Phi) is 5.58. The topological polar surface area (TPSA) is 89.6 Å². The van der Waals surface area contributed by atoms with Gasteiger partial charge in [0.05, 0.1) is 18.0 Å². The van der Waals surface area contributed by atoms with Gasteiger partial charge in [0.25, 0.3) is 0 Å². The molecule has 5 heteroatoms. The second-order valence-corrected chi connectivity index (χ2v) is 7.85. The highest BCUT2D eigenvalue weighted by Crippen LogP contribution is 2.48. The maximum Gasteiger partial charge on any atom is 0.343 e. The van der Waals surface area contributed by atoms with Crippen LogP contribution in [0.15, 0.2) is 62.2 Å². The molecule has 0 amide bonds. The van der Waals surface area contributed by atoms with Gasteiger partial charge in [0.2, 0.25) is 0 Å². The molecule has 5 nitrogen and oxygen atoms in total. The van der Waals surface area contributed by atoms with Crippen molar-refractivity contribution in [3.05, 3.63) is 87.4 Å². The van der Waals surface area contributed by atoms with E-state index in [9.17, 15) is 9.90 Å². The van der Waals surface area contributed by atoms with Crippen molar-refractivity contribution in [2.45, 2.75) is 51.0 Å². The van der Waals surface area contributed by atoms with Crippen LogP contribution in [-0.2, 0) is 13.0 Å². The van der Waals surface area contributed by atoms with Gasteiger partial charge in [-0.05, 0) is 49.3 Å². The Morgan fingerprint density at radius 1 is 1.10 bits per heavy atom. The van der Waals surface area contributed by atoms with Crippen molar-refractivity contribution in [2.75, 3.05) is 0 Å². The van der Waals surface area contributed by atoms with E-state index in [2.05, 4.69) is 19.1 Å². The van der Waals surface area contributed by atoms with E-state index >= 15 is 0 Å². The Bertz CT molecular complexity index is 1020. The molecule has 0 bridgehead atoms. The molecule has 2 aromatic heterocycles. The van der Waals surface area contributed by atoms with E-state index in [1.807, 2.05) is 30.3 Å². The molecule has 2 heterocycles. The van der Waals surface area contributed by atoms with Crippen LogP contribution in [0.3, 0.4) is 0 Å². The Balaban J connectivity index is 1.68. The number of benzene rings is 1. The first-order valence-corrected chi connectivity index (χ1v) is 10.3. The van der Waals surface area contributed by atoms with Gasteiger partial charge in [0.15, 0.2) is 0 Å². The average Bonchev–Trinajstić information content (AvgIpc) is 3.45. The third kappa shape index (κ3) is 4.15. The van der Waals surface area contributed by atoms with Gasteiger partial charge in [0.1, 0.15) is 23.0 Å². The SMILES string of the molecule is CCC(Cc1ccccc1)c1cc(O)c(C(c2ccc(CN)o2)C2CC2)c(=O)o1. The third-order valence-electron chi connectivity index (χ3n) is 5.80. The maximum absolute atomic E-state index is 13.0. The lowest BCUT2D eigenvalue weighted by atomic mass is 9.90. The van der Waals surface area contributed by atoms with Gasteiger partial charge in [-0.2, -0.15) is 0 Å². The smallest absolute Gasteiger partial charge is 0.343 e. The van der Waals surface area contributed by atoms with Crippen LogP contribution >= 0.6 is 0 Å². The monoisotopic (exact) mass is 393 g/mol. The molecule has 2 unspecified atom stereocenters. The van der Waals surface area contributed by atoms with E-state index in [4.69, 9.17) is 14.6 Å². The Morgan fingerprint density at radius 2 is 1.86 bits per heavy atom. The van der Waals surface area contributed by atoms with Crippen molar-refractivity contribution < 1.29 is 13.9 Å². The van der Waals surface area contributed by atoms with Crippen LogP contribution in [-0.4, -0.2) is 5.11 Å². The zero-order valence-electron chi connectivity index (χ0n) is 16.6. The number of hydrogen-bond acceptors (Lipinski definition) is 5. The molecule has 1 fully saturated rings. The van der Waals surface area contributed by atoms with E-state index in [1.54, 1.807) is 6.07 Å². The zero-order valence-corrected chi connectivity index (χ0v) is 16.6. The summed E-state index contributed by atoms with van der Waals surface area (Å²) in [6.07, 6.45) is 3.55. The highest BCUT2D eigenvalue weighted by atomic mass is 16.4. The van der Waals surface area contributed by atoms with Gasteiger partial charge in [-0.3, -0.25) is 0 Å². The lowest BCUT2D eigenvalue weighted by Crippen LogP contribution is -2.17. The summed E-state index contributed by atoms with van der Waals surface area (Å²) in [7, 11) is 0. The van der Waals surface area contributed by atoms with Crippen molar-refractivity contribution in [3.63, 3.8) is 0 Å². The molecular weight excluding hydrogens is 366 g/mol. The Labute approximate surface area is 170 Å². The second kappa shape index (κ2) is 8.29. The summed E-state index contributed by atoms with van der Waals surface area (Å²) in [6, 6.07) is 15.4. The molecular formula is C24H27NO4. The van der Waals surface area contributed by atoms with E-state index in [0.29, 0.717) is 29.4 Å². The van der Waals surface area contributed by atoms with Gasteiger partial charge in [-0.1, -0.05) is 37.3 Å². The fourth-order valence-corrected chi connectivity index (χ4v) is 4.05. The van der Waals surface area contributed by atoms with Crippen LogP contribution in [0, 0.1) is 5.92 Å². The molecule has 1 aliphatic carbocycles. The van der Waals surface area contributed by atoms with E-state index in [-0.39, 0.29) is 23.5 Å². The first-order chi connectivity index (χ1) is 14.1. The molecule has 0 aliphatic heterocycles. The fourth-order valence-electron chi connectivity index (χ4n) is 4.05. The molecule has 1 saturated carbocycles. The van der Waals surface area contributed by atoms with Crippen LogP contribution in [0.25, 0.3) is 0 Å². The zero-order chi connectivity index (χ0) is 20.4. The molecule has 29 heavy (non-hydrogen) atoms. The molecule has 4 rings (SSSR count). The quantitative estimate of drug-likeness (QED) is 0.580. The Hall–Kier alpha value is -2.79. The molecule has 1 aliphatic rings. The summed E-state index contributed by atoms with van der Waals surface area (Å²) < 4.78 is 11.6. The summed E-state index contributed by atoms with van der Waals surface area (Å²) >= 11 is 0. The van der Waals surface area contributed by atoms with Gasteiger partial charge in [-0.25, -0.2) is 4.79 Å². The van der Waals surface area contributed by atoms with Crippen molar-refractivity contribution in [2.24, 2.45) is 11.7 Å². The van der Waals surface area contributed by atoms with E-state index < -0.39 is 5.63 Å². The molecule has 1 aromatic carbocycles. The van der Waals surface area contributed by atoms with E-state index in [0.717, 1.165) is 25.7 Å².